The first-order valence-electron chi connectivity index (χ1n) is 3.77. The van der Waals surface area contributed by atoms with E-state index in [1.54, 1.807) is 36.4 Å². The number of methoxy groups -OCH3 is 1. The lowest BCUT2D eigenvalue weighted by Crippen LogP contribution is -1.99. The number of rotatable bonds is 2. The molecule has 0 unspecified atom stereocenters. The number of hydrogen-bond donors (Lipinski definition) is 0. The maximum atomic E-state index is 5.01. The van der Waals surface area contributed by atoms with Crippen LogP contribution in [0.3, 0.4) is 0 Å². The van der Waals surface area contributed by atoms with Crippen molar-refractivity contribution in [1.82, 2.24) is 20.0 Å². The fourth-order valence-corrected chi connectivity index (χ4v) is 0.966. The van der Waals surface area contributed by atoms with Gasteiger partial charge in [-0.05, 0) is 6.07 Å². The van der Waals surface area contributed by atoms with Crippen LogP contribution < -0.4 is 4.74 Å². The summed E-state index contributed by atoms with van der Waals surface area (Å²) in [7, 11) is 1.59. The molecule has 0 saturated carbocycles. The third-order valence-corrected chi connectivity index (χ3v) is 1.59. The van der Waals surface area contributed by atoms with Crippen LogP contribution in [0.4, 0.5) is 0 Å². The molecular formula is C8H8N4O. The zero-order chi connectivity index (χ0) is 9.10. The minimum atomic E-state index is 0.643. The lowest BCUT2D eigenvalue weighted by atomic mass is 10.5. The third kappa shape index (κ3) is 1.48. The van der Waals surface area contributed by atoms with Crippen molar-refractivity contribution in [2.45, 2.75) is 0 Å². The molecule has 0 N–H and O–H groups in total. The van der Waals surface area contributed by atoms with Crippen LogP contribution in [0, 0.1) is 0 Å². The maximum Gasteiger partial charge on any atom is 0.179 e. The van der Waals surface area contributed by atoms with E-state index >= 15 is 0 Å². The second kappa shape index (κ2) is 3.22. The molecule has 0 aliphatic rings. The number of aromatic nitrogens is 4. The Bertz CT molecular complexity index is 385. The van der Waals surface area contributed by atoms with Gasteiger partial charge in [-0.25, -0.2) is 4.68 Å². The van der Waals surface area contributed by atoms with E-state index in [1.165, 1.54) is 0 Å². The van der Waals surface area contributed by atoms with Crippen LogP contribution in [0.2, 0.25) is 0 Å². The molecule has 5 nitrogen and oxygen atoms in total. The van der Waals surface area contributed by atoms with Crippen LogP contribution >= 0.6 is 0 Å². The second-order valence-electron chi connectivity index (χ2n) is 2.40. The predicted octanol–water partition coefficient (Wildman–Crippen LogP) is 0.671. The van der Waals surface area contributed by atoms with Gasteiger partial charge in [-0.15, -0.1) is 5.10 Å². The largest absolute Gasteiger partial charge is 0.495 e. The average molecular weight is 176 g/mol. The Kier molecular flexibility index (Phi) is 1.91. The number of nitrogens with zero attached hydrogens (tertiary/aromatic N) is 4. The van der Waals surface area contributed by atoms with Gasteiger partial charge in [-0.2, -0.15) is 10.2 Å². The van der Waals surface area contributed by atoms with Crippen LogP contribution in [-0.2, 0) is 0 Å². The topological polar surface area (TPSA) is 52.8 Å². The Labute approximate surface area is 75.0 Å². The summed E-state index contributed by atoms with van der Waals surface area (Å²) >= 11 is 0. The lowest BCUT2D eigenvalue weighted by Gasteiger charge is -2.01. The van der Waals surface area contributed by atoms with Gasteiger partial charge < -0.3 is 4.74 Å². The van der Waals surface area contributed by atoms with Crippen molar-refractivity contribution in [3.63, 3.8) is 0 Å². The Morgan fingerprint density at radius 3 is 3.08 bits per heavy atom. The van der Waals surface area contributed by atoms with Crippen molar-refractivity contribution >= 4 is 0 Å². The summed E-state index contributed by atoms with van der Waals surface area (Å²) in [5, 5.41) is 11.7. The first-order valence-corrected chi connectivity index (χ1v) is 3.77. The highest BCUT2D eigenvalue weighted by Gasteiger charge is 1.99. The van der Waals surface area contributed by atoms with E-state index in [4.69, 9.17) is 4.74 Å². The van der Waals surface area contributed by atoms with E-state index in [0.29, 0.717) is 11.6 Å². The highest BCUT2D eigenvalue weighted by Crippen LogP contribution is 2.10. The smallest absolute Gasteiger partial charge is 0.179 e. The van der Waals surface area contributed by atoms with Crippen molar-refractivity contribution in [2.24, 2.45) is 0 Å². The van der Waals surface area contributed by atoms with Crippen molar-refractivity contribution in [2.75, 3.05) is 7.11 Å². The summed E-state index contributed by atoms with van der Waals surface area (Å²) in [5.74, 6) is 1.31. The van der Waals surface area contributed by atoms with E-state index in [1.807, 2.05) is 6.07 Å². The Hall–Kier alpha value is -1.91. The van der Waals surface area contributed by atoms with Crippen molar-refractivity contribution in [3.8, 4) is 11.6 Å². The summed E-state index contributed by atoms with van der Waals surface area (Å²) in [5.41, 5.74) is 0. The monoisotopic (exact) mass is 176 g/mol. The number of hydrogen-bond acceptors (Lipinski definition) is 4. The zero-order valence-electron chi connectivity index (χ0n) is 7.08. The average Bonchev–Trinajstić information content (AvgIpc) is 2.71. The second-order valence-corrected chi connectivity index (χ2v) is 2.40. The molecule has 66 valence electrons. The quantitative estimate of drug-likeness (QED) is 0.674. The number of ether oxygens (including phenoxy) is 1. The Balaban J connectivity index is 2.41. The summed E-state index contributed by atoms with van der Waals surface area (Å²) in [6, 6.07) is 3.58. The van der Waals surface area contributed by atoms with Crippen LogP contribution in [0.25, 0.3) is 5.82 Å². The van der Waals surface area contributed by atoms with Crippen LogP contribution in [0.5, 0.6) is 5.75 Å². The van der Waals surface area contributed by atoms with Crippen molar-refractivity contribution in [1.29, 1.82) is 0 Å². The van der Waals surface area contributed by atoms with Crippen molar-refractivity contribution < 1.29 is 4.74 Å². The Morgan fingerprint density at radius 1 is 1.46 bits per heavy atom. The molecule has 0 radical (unpaired) electrons. The Morgan fingerprint density at radius 2 is 2.38 bits per heavy atom. The molecule has 2 aromatic heterocycles. The molecule has 13 heavy (non-hydrogen) atoms. The van der Waals surface area contributed by atoms with Crippen LogP contribution in [-0.4, -0.2) is 27.1 Å². The fraction of sp³-hybridized carbons (Fsp3) is 0.125. The van der Waals surface area contributed by atoms with Gasteiger partial charge in [-0.1, -0.05) is 0 Å². The summed E-state index contributed by atoms with van der Waals surface area (Å²) in [6.07, 6.45) is 5.03. The van der Waals surface area contributed by atoms with Gasteiger partial charge in [0.15, 0.2) is 5.82 Å². The molecule has 0 aromatic carbocycles. The normalized spacial score (nSPS) is 9.92. The third-order valence-electron chi connectivity index (χ3n) is 1.59. The van der Waals surface area contributed by atoms with E-state index in [0.717, 1.165) is 0 Å². The standard InChI is InChI=1S/C8H8N4O/c1-13-7-5-8(11-9-6-7)12-4-2-3-10-12/h2-6H,1H3. The molecule has 0 aliphatic heterocycles. The van der Waals surface area contributed by atoms with Gasteiger partial charge in [0, 0.05) is 18.5 Å². The summed E-state index contributed by atoms with van der Waals surface area (Å²) in [6.45, 7) is 0. The van der Waals surface area contributed by atoms with Gasteiger partial charge in [0.05, 0.1) is 13.3 Å². The van der Waals surface area contributed by atoms with Crippen molar-refractivity contribution in [3.05, 3.63) is 30.7 Å². The van der Waals surface area contributed by atoms with Gasteiger partial charge in [0.2, 0.25) is 0 Å². The van der Waals surface area contributed by atoms with E-state index in [2.05, 4.69) is 15.3 Å². The lowest BCUT2D eigenvalue weighted by molar-refractivity contribution is 0.411. The molecule has 0 atom stereocenters. The SMILES string of the molecule is COc1cnnc(-n2cccn2)c1. The highest BCUT2D eigenvalue weighted by molar-refractivity contribution is 5.28. The maximum absolute atomic E-state index is 5.01. The first kappa shape index (κ1) is 7.72. The molecule has 0 bridgehead atoms. The fourth-order valence-electron chi connectivity index (χ4n) is 0.966. The molecule has 0 aliphatic carbocycles. The molecular weight excluding hydrogens is 168 g/mol. The molecule has 2 heterocycles. The summed E-state index contributed by atoms with van der Waals surface area (Å²) < 4.78 is 6.63. The molecule has 2 rings (SSSR count). The molecule has 0 saturated heterocycles. The molecule has 2 aromatic rings. The van der Waals surface area contributed by atoms with E-state index in [9.17, 15) is 0 Å². The van der Waals surface area contributed by atoms with E-state index < -0.39 is 0 Å². The summed E-state index contributed by atoms with van der Waals surface area (Å²) in [4.78, 5) is 0. The first-order chi connectivity index (χ1) is 6.40. The van der Waals surface area contributed by atoms with Gasteiger partial charge in [0.1, 0.15) is 5.75 Å². The minimum absolute atomic E-state index is 0.643. The highest BCUT2D eigenvalue weighted by atomic mass is 16.5. The zero-order valence-corrected chi connectivity index (χ0v) is 7.08. The molecule has 5 heteroatoms. The van der Waals surface area contributed by atoms with Gasteiger partial charge >= 0.3 is 0 Å². The predicted molar refractivity (Wildman–Crippen MR) is 45.7 cm³/mol. The van der Waals surface area contributed by atoms with Crippen LogP contribution in [0.1, 0.15) is 0 Å². The molecule has 0 spiro atoms. The molecule has 0 fully saturated rings. The van der Waals surface area contributed by atoms with Gasteiger partial charge in [-0.3, -0.25) is 0 Å². The minimum Gasteiger partial charge on any atom is -0.495 e. The van der Waals surface area contributed by atoms with E-state index in [-0.39, 0.29) is 0 Å². The van der Waals surface area contributed by atoms with Gasteiger partial charge in [0.25, 0.3) is 0 Å². The molecule has 0 amide bonds. The van der Waals surface area contributed by atoms with Crippen LogP contribution in [0.15, 0.2) is 30.7 Å².